The molecule has 50 heavy (non-hydrogen) atoms. The number of benzene rings is 8. The molecule has 0 saturated heterocycles. The monoisotopic (exact) mass is 635 g/mol. The Morgan fingerprint density at radius 2 is 0.620 bits per heavy atom. The first-order chi connectivity index (χ1) is 24.9. The van der Waals surface area contributed by atoms with E-state index in [0.717, 1.165) is 11.4 Å². The van der Waals surface area contributed by atoms with Crippen LogP contribution >= 0.6 is 0 Å². The largest absolute Gasteiger partial charge is 0.309 e. The molecule has 8 aromatic rings. The third-order valence-corrected chi connectivity index (χ3v) is 10.7. The Hall–Kier alpha value is -6.44. The van der Waals surface area contributed by atoms with Crippen molar-refractivity contribution in [3.05, 3.63) is 222 Å². The predicted molar refractivity (Wildman–Crippen MR) is 208 cm³/mol. The second kappa shape index (κ2) is 11.3. The molecule has 1 heteroatoms. The molecule has 0 saturated carbocycles. The minimum absolute atomic E-state index is 0.418. The molecule has 0 heterocycles. The smallest absolute Gasteiger partial charge is 0.0726 e. The summed E-state index contributed by atoms with van der Waals surface area (Å²) in [6, 6.07) is 73.4. The van der Waals surface area contributed by atoms with Gasteiger partial charge in [0.2, 0.25) is 0 Å². The van der Waals surface area contributed by atoms with Crippen LogP contribution in [-0.2, 0) is 5.41 Å². The van der Waals surface area contributed by atoms with Crippen LogP contribution in [-0.4, -0.2) is 0 Å². The number of hydrogen-bond acceptors (Lipinski definition) is 1. The first kappa shape index (κ1) is 28.6. The van der Waals surface area contributed by atoms with Crippen molar-refractivity contribution in [3.63, 3.8) is 0 Å². The van der Waals surface area contributed by atoms with Gasteiger partial charge >= 0.3 is 0 Å². The van der Waals surface area contributed by atoms with Crippen LogP contribution in [0.15, 0.2) is 200 Å². The summed E-state index contributed by atoms with van der Waals surface area (Å²) in [5, 5.41) is 0. The third-order valence-electron chi connectivity index (χ3n) is 10.7. The summed E-state index contributed by atoms with van der Waals surface area (Å²) >= 11 is 0. The molecule has 2 aliphatic rings. The molecule has 0 atom stereocenters. The quantitative estimate of drug-likeness (QED) is 0.182. The highest BCUT2D eigenvalue weighted by molar-refractivity contribution is 6.03. The minimum Gasteiger partial charge on any atom is -0.309 e. The Kier molecular flexibility index (Phi) is 6.47. The number of rotatable bonds is 5. The molecular weight excluding hydrogens is 603 g/mol. The van der Waals surface area contributed by atoms with Crippen LogP contribution in [0, 0.1) is 0 Å². The van der Waals surface area contributed by atoms with Gasteiger partial charge < -0.3 is 4.90 Å². The highest BCUT2D eigenvalue weighted by Crippen LogP contribution is 2.65. The SMILES string of the molecule is c1ccc(-c2ccccc2N(c2ccccc2-c2ccccc2)c2cccc3c2-c2ccccc2C32c3ccccc3-c3ccccc32)cc1. The standard InChI is InChI=1S/C49H33N/c1-3-18-34(19-4-1)36-22-10-15-31-45(36)50(46-32-16-11-23-37(46)35-20-5-2-6-21-35)47-33-17-30-44-48(47)40-26-9-14-29-43(40)49(44)41-27-12-7-24-38(41)39-25-8-13-28-42(39)49/h1-33H. The van der Waals surface area contributed by atoms with E-state index in [-0.39, 0.29) is 0 Å². The Labute approximate surface area is 293 Å². The molecular formula is C49H33N. The third kappa shape index (κ3) is 4.01. The molecule has 8 aromatic carbocycles. The van der Waals surface area contributed by atoms with Crippen molar-refractivity contribution >= 4 is 17.1 Å². The average molecular weight is 636 g/mol. The maximum Gasteiger partial charge on any atom is 0.0726 e. The number of fused-ring (bicyclic) bond motifs is 10. The van der Waals surface area contributed by atoms with Gasteiger partial charge in [0, 0.05) is 16.7 Å². The van der Waals surface area contributed by atoms with Gasteiger partial charge in [-0.15, -0.1) is 0 Å². The van der Waals surface area contributed by atoms with E-state index in [4.69, 9.17) is 0 Å². The Balaban J connectivity index is 1.33. The van der Waals surface area contributed by atoms with E-state index in [1.165, 1.54) is 72.4 Å². The molecule has 0 bridgehead atoms. The number of nitrogens with zero attached hydrogens (tertiary/aromatic N) is 1. The highest BCUT2D eigenvalue weighted by Gasteiger charge is 2.52. The summed E-state index contributed by atoms with van der Waals surface area (Å²) < 4.78 is 0. The molecule has 0 aliphatic heterocycles. The molecule has 0 N–H and O–H groups in total. The predicted octanol–water partition coefficient (Wildman–Crippen LogP) is 12.8. The van der Waals surface area contributed by atoms with E-state index in [1.807, 2.05) is 0 Å². The van der Waals surface area contributed by atoms with Gasteiger partial charge in [0.05, 0.1) is 22.5 Å². The van der Waals surface area contributed by atoms with Crippen molar-refractivity contribution in [1.82, 2.24) is 0 Å². The van der Waals surface area contributed by atoms with Gasteiger partial charge in [-0.3, -0.25) is 0 Å². The van der Waals surface area contributed by atoms with Crippen molar-refractivity contribution < 1.29 is 0 Å². The van der Waals surface area contributed by atoms with E-state index < -0.39 is 5.41 Å². The van der Waals surface area contributed by atoms with Crippen molar-refractivity contribution in [1.29, 1.82) is 0 Å². The summed E-state index contributed by atoms with van der Waals surface area (Å²) in [6.07, 6.45) is 0. The maximum atomic E-state index is 2.52. The molecule has 10 rings (SSSR count). The molecule has 0 fully saturated rings. The van der Waals surface area contributed by atoms with Crippen molar-refractivity contribution in [3.8, 4) is 44.5 Å². The maximum absolute atomic E-state index is 2.52. The van der Waals surface area contributed by atoms with E-state index in [9.17, 15) is 0 Å². The van der Waals surface area contributed by atoms with Gasteiger partial charge in [-0.1, -0.05) is 182 Å². The molecule has 0 aromatic heterocycles. The summed E-state index contributed by atoms with van der Waals surface area (Å²) in [4.78, 5) is 2.52. The van der Waals surface area contributed by atoms with E-state index in [1.54, 1.807) is 0 Å². The summed E-state index contributed by atoms with van der Waals surface area (Å²) in [5.74, 6) is 0. The zero-order chi connectivity index (χ0) is 33.1. The molecule has 0 unspecified atom stereocenters. The van der Waals surface area contributed by atoms with E-state index in [0.29, 0.717) is 0 Å². The van der Waals surface area contributed by atoms with Crippen LogP contribution in [0.5, 0.6) is 0 Å². The van der Waals surface area contributed by atoms with Crippen molar-refractivity contribution in [2.75, 3.05) is 4.90 Å². The van der Waals surface area contributed by atoms with Crippen molar-refractivity contribution in [2.45, 2.75) is 5.41 Å². The second-order valence-corrected chi connectivity index (χ2v) is 13.2. The lowest BCUT2D eigenvalue weighted by Gasteiger charge is -2.33. The first-order valence-corrected chi connectivity index (χ1v) is 17.4. The van der Waals surface area contributed by atoms with Crippen molar-refractivity contribution in [2.24, 2.45) is 0 Å². The molecule has 1 nitrogen and oxygen atoms in total. The van der Waals surface area contributed by atoms with Gasteiger partial charge in [0.25, 0.3) is 0 Å². The zero-order valence-corrected chi connectivity index (χ0v) is 27.5. The average Bonchev–Trinajstić information content (AvgIpc) is 3.67. The summed E-state index contributed by atoms with van der Waals surface area (Å²) in [6.45, 7) is 0. The van der Waals surface area contributed by atoms with Crippen LogP contribution < -0.4 is 4.90 Å². The molecule has 0 amide bonds. The zero-order valence-electron chi connectivity index (χ0n) is 27.5. The fourth-order valence-corrected chi connectivity index (χ4v) is 8.76. The molecule has 234 valence electrons. The van der Waals surface area contributed by atoms with Gasteiger partial charge in [-0.05, 0) is 68.3 Å². The second-order valence-electron chi connectivity index (χ2n) is 13.2. The Morgan fingerprint density at radius 1 is 0.260 bits per heavy atom. The number of anilines is 3. The lowest BCUT2D eigenvalue weighted by atomic mass is 9.70. The number of hydrogen-bond donors (Lipinski definition) is 0. The first-order valence-electron chi connectivity index (χ1n) is 17.4. The molecule has 2 aliphatic carbocycles. The van der Waals surface area contributed by atoms with Crippen LogP contribution in [0.2, 0.25) is 0 Å². The highest BCUT2D eigenvalue weighted by atomic mass is 15.2. The minimum atomic E-state index is -0.418. The normalized spacial score (nSPS) is 13.0. The van der Waals surface area contributed by atoms with Crippen LogP contribution in [0.3, 0.4) is 0 Å². The van der Waals surface area contributed by atoms with Gasteiger partial charge in [0.15, 0.2) is 0 Å². The number of para-hydroxylation sites is 2. The van der Waals surface area contributed by atoms with Crippen LogP contribution in [0.4, 0.5) is 17.1 Å². The topological polar surface area (TPSA) is 3.24 Å². The fraction of sp³-hybridized carbons (Fsp3) is 0.0204. The summed E-state index contributed by atoms with van der Waals surface area (Å²) in [7, 11) is 0. The van der Waals surface area contributed by atoms with E-state index >= 15 is 0 Å². The Bertz CT molecular complexity index is 2420. The van der Waals surface area contributed by atoms with Gasteiger partial charge in [-0.2, -0.15) is 0 Å². The van der Waals surface area contributed by atoms with E-state index in [2.05, 4.69) is 205 Å². The van der Waals surface area contributed by atoms with Gasteiger partial charge in [0.1, 0.15) is 0 Å². The van der Waals surface area contributed by atoms with Gasteiger partial charge in [-0.25, -0.2) is 0 Å². The lowest BCUT2D eigenvalue weighted by Crippen LogP contribution is -2.26. The van der Waals surface area contributed by atoms with Crippen LogP contribution in [0.1, 0.15) is 22.3 Å². The molecule has 0 radical (unpaired) electrons. The summed E-state index contributed by atoms with van der Waals surface area (Å²) in [5.41, 5.74) is 18.3. The Morgan fingerprint density at radius 3 is 1.14 bits per heavy atom. The van der Waals surface area contributed by atoms with Crippen LogP contribution in [0.25, 0.3) is 44.5 Å². The molecule has 1 spiro atoms. The lowest BCUT2D eigenvalue weighted by molar-refractivity contribution is 0.794. The fourth-order valence-electron chi connectivity index (χ4n) is 8.76.